The van der Waals surface area contributed by atoms with Crippen LogP contribution in [-0.2, 0) is 4.74 Å². The van der Waals surface area contributed by atoms with Gasteiger partial charge in [0.1, 0.15) is 12.4 Å². The third-order valence-electron chi connectivity index (χ3n) is 4.89. The first-order valence-corrected chi connectivity index (χ1v) is 10.4. The number of ether oxygens (including phenoxy) is 1. The fourth-order valence-electron chi connectivity index (χ4n) is 3.56. The van der Waals surface area contributed by atoms with E-state index in [-0.39, 0.29) is 29.7 Å². The molecule has 4 rings (SSSR count). The van der Waals surface area contributed by atoms with Crippen LogP contribution in [0.1, 0.15) is 22.6 Å². The molecule has 0 bridgehead atoms. The van der Waals surface area contributed by atoms with E-state index in [4.69, 9.17) is 16.3 Å². The van der Waals surface area contributed by atoms with E-state index in [1.54, 1.807) is 6.07 Å². The number of hydrogen-bond donors (Lipinski definition) is 1. The molecule has 1 N–H and O–H groups in total. The first-order chi connectivity index (χ1) is 14.5. The Labute approximate surface area is 187 Å². The Hall–Kier alpha value is -2.81. The van der Waals surface area contributed by atoms with Gasteiger partial charge in [-0.2, -0.15) is 0 Å². The van der Waals surface area contributed by atoms with E-state index in [1.165, 1.54) is 17.2 Å². The van der Waals surface area contributed by atoms with Crippen LogP contribution in [-0.4, -0.2) is 19.2 Å². The van der Waals surface area contributed by atoms with Crippen LogP contribution in [0.15, 0.2) is 65.1 Å². The second-order valence-electron chi connectivity index (χ2n) is 6.73. The average molecular weight is 485 g/mol. The zero-order valence-electron chi connectivity index (χ0n) is 15.7. The van der Waals surface area contributed by atoms with E-state index in [9.17, 15) is 9.18 Å². The van der Waals surface area contributed by atoms with Crippen molar-refractivity contribution in [2.75, 3.05) is 13.2 Å². The van der Waals surface area contributed by atoms with Gasteiger partial charge in [-0.15, -0.1) is 0 Å². The highest BCUT2D eigenvalue weighted by Gasteiger charge is 2.28. The smallest absolute Gasteiger partial charge is 0.407 e. The van der Waals surface area contributed by atoms with Gasteiger partial charge in [0.15, 0.2) is 0 Å². The summed E-state index contributed by atoms with van der Waals surface area (Å²) in [5.41, 5.74) is 4.82. The molecule has 3 nitrogen and oxygen atoms in total. The third-order valence-corrected chi connectivity index (χ3v) is 5.73. The molecule has 0 aromatic heterocycles. The fraction of sp³-hybridized carbons (Fsp3) is 0.125. The number of carbonyl (C=O) groups is 1. The van der Waals surface area contributed by atoms with Gasteiger partial charge in [-0.1, -0.05) is 72.0 Å². The largest absolute Gasteiger partial charge is 0.449 e. The predicted octanol–water partition coefficient (Wildman–Crippen LogP) is 6.13. The number of benzene rings is 3. The molecule has 1 aliphatic rings. The van der Waals surface area contributed by atoms with Crippen LogP contribution in [0.4, 0.5) is 9.18 Å². The molecular weight excluding hydrogens is 469 g/mol. The Balaban J connectivity index is 1.37. The fourth-order valence-corrected chi connectivity index (χ4v) is 4.43. The number of alkyl carbamates (subject to hydrolysis) is 1. The number of hydrogen-bond acceptors (Lipinski definition) is 2. The number of carbonyl (C=O) groups excluding carboxylic acids is 1. The minimum absolute atomic E-state index is 0.00615. The zero-order chi connectivity index (χ0) is 21.1. The minimum atomic E-state index is -0.568. The molecule has 1 amide bonds. The Kier molecular flexibility index (Phi) is 6.08. The van der Waals surface area contributed by atoms with Crippen LogP contribution in [0.25, 0.3) is 11.1 Å². The molecular formula is C24H16BrClFNO2. The standard InChI is InChI=1S/C24H16BrClFNO2/c25-22-12-15(26)13-23(27)20(22)10-5-11-28-24(29)30-14-21-18-8-3-1-6-16(18)17-7-2-4-9-19(17)21/h1-4,6-9,12-13,21H,11,14H2,(H,28,29). The Morgan fingerprint density at radius 3 is 2.37 bits per heavy atom. The summed E-state index contributed by atoms with van der Waals surface area (Å²) in [5.74, 6) is 4.87. The summed E-state index contributed by atoms with van der Waals surface area (Å²) in [6, 6.07) is 19.0. The van der Waals surface area contributed by atoms with Gasteiger partial charge < -0.3 is 10.1 Å². The minimum Gasteiger partial charge on any atom is -0.449 e. The molecule has 30 heavy (non-hydrogen) atoms. The van der Waals surface area contributed by atoms with Gasteiger partial charge in [0, 0.05) is 15.4 Å². The van der Waals surface area contributed by atoms with Crippen LogP contribution >= 0.6 is 27.5 Å². The normalized spacial score (nSPS) is 11.8. The second-order valence-corrected chi connectivity index (χ2v) is 8.02. The van der Waals surface area contributed by atoms with E-state index >= 15 is 0 Å². The van der Waals surface area contributed by atoms with E-state index in [0.29, 0.717) is 4.47 Å². The quantitative estimate of drug-likeness (QED) is 0.454. The number of amides is 1. The molecule has 0 heterocycles. The summed E-state index contributed by atoms with van der Waals surface area (Å²) in [6.07, 6.45) is -0.568. The van der Waals surface area contributed by atoms with Crippen LogP contribution in [0.5, 0.6) is 0 Å². The van der Waals surface area contributed by atoms with Gasteiger partial charge in [-0.3, -0.25) is 0 Å². The highest BCUT2D eigenvalue weighted by molar-refractivity contribution is 9.10. The number of halogens is 3. The van der Waals surface area contributed by atoms with Gasteiger partial charge >= 0.3 is 6.09 Å². The molecule has 1 aliphatic carbocycles. The van der Waals surface area contributed by atoms with Gasteiger partial charge in [0.25, 0.3) is 0 Å². The molecule has 0 saturated carbocycles. The molecule has 6 heteroatoms. The molecule has 3 aromatic carbocycles. The Morgan fingerprint density at radius 1 is 1.10 bits per heavy atom. The van der Waals surface area contributed by atoms with Crippen LogP contribution in [0.2, 0.25) is 5.02 Å². The van der Waals surface area contributed by atoms with Crippen molar-refractivity contribution in [3.05, 3.63) is 92.7 Å². The highest BCUT2D eigenvalue weighted by Crippen LogP contribution is 2.44. The average Bonchev–Trinajstić information content (AvgIpc) is 3.05. The van der Waals surface area contributed by atoms with Gasteiger partial charge in [0.05, 0.1) is 12.1 Å². The van der Waals surface area contributed by atoms with Crippen molar-refractivity contribution in [1.29, 1.82) is 0 Å². The summed E-state index contributed by atoms with van der Waals surface area (Å²) in [7, 11) is 0. The summed E-state index contributed by atoms with van der Waals surface area (Å²) >= 11 is 9.01. The third kappa shape index (κ3) is 4.21. The van der Waals surface area contributed by atoms with Crippen LogP contribution < -0.4 is 5.32 Å². The SMILES string of the molecule is O=C(NCC#Cc1c(F)cc(Cl)cc1Br)OCC1c2ccccc2-c2ccccc21. The first-order valence-electron chi connectivity index (χ1n) is 9.27. The molecule has 0 fully saturated rings. The maximum absolute atomic E-state index is 13.9. The topological polar surface area (TPSA) is 38.3 Å². The lowest BCUT2D eigenvalue weighted by molar-refractivity contribution is 0.144. The molecule has 0 atom stereocenters. The molecule has 3 aromatic rings. The first kappa shape index (κ1) is 20.5. The number of rotatable bonds is 3. The Bertz CT molecular complexity index is 1120. The zero-order valence-corrected chi connectivity index (χ0v) is 18.1. The van der Waals surface area contributed by atoms with Gasteiger partial charge in [0.2, 0.25) is 0 Å². The van der Waals surface area contributed by atoms with Crippen molar-refractivity contribution in [3.8, 4) is 23.0 Å². The maximum Gasteiger partial charge on any atom is 0.407 e. The summed E-state index contributed by atoms with van der Waals surface area (Å²) in [4.78, 5) is 12.1. The monoisotopic (exact) mass is 483 g/mol. The van der Waals surface area contributed by atoms with E-state index in [1.807, 2.05) is 24.3 Å². The van der Waals surface area contributed by atoms with Crippen molar-refractivity contribution < 1.29 is 13.9 Å². The van der Waals surface area contributed by atoms with Crippen molar-refractivity contribution >= 4 is 33.6 Å². The molecule has 0 aliphatic heterocycles. The second kappa shape index (κ2) is 8.91. The number of fused-ring (bicyclic) bond motifs is 3. The van der Waals surface area contributed by atoms with Crippen LogP contribution in [0.3, 0.4) is 0 Å². The molecule has 0 spiro atoms. The van der Waals surface area contributed by atoms with Crippen molar-refractivity contribution in [2.45, 2.75) is 5.92 Å². The van der Waals surface area contributed by atoms with Gasteiger partial charge in [-0.05, 0) is 50.3 Å². The number of nitrogens with one attached hydrogen (secondary N) is 1. The lowest BCUT2D eigenvalue weighted by Gasteiger charge is -2.14. The summed E-state index contributed by atoms with van der Waals surface area (Å²) < 4.78 is 19.8. The van der Waals surface area contributed by atoms with Crippen molar-refractivity contribution in [1.82, 2.24) is 5.32 Å². The summed E-state index contributed by atoms with van der Waals surface area (Å²) in [5, 5.41) is 2.86. The molecule has 150 valence electrons. The molecule has 0 saturated heterocycles. The molecule has 0 radical (unpaired) electrons. The predicted molar refractivity (Wildman–Crippen MR) is 119 cm³/mol. The summed E-state index contributed by atoms with van der Waals surface area (Å²) in [6.45, 7) is 0.260. The maximum atomic E-state index is 13.9. The molecule has 0 unspecified atom stereocenters. The van der Waals surface area contributed by atoms with Crippen molar-refractivity contribution in [2.24, 2.45) is 0 Å². The van der Waals surface area contributed by atoms with Gasteiger partial charge in [-0.25, -0.2) is 9.18 Å². The lowest BCUT2D eigenvalue weighted by Crippen LogP contribution is -2.26. The van der Waals surface area contributed by atoms with E-state index < -0.39 is 11.9 Å². The van der Waals surface area contributed by atoms with Crippen LogP contribution in [0, 0.1) is 17.7 Å². The highest BCUT2D eigenvalue weighted by atomic mass is 79.9. The Morgan fingerprint density at radius 2 is 1.73 bits per heavy atom. The lowest BCUT2D eigenvalue weighted by atomic mass is 9.98. The van der Waals surface area contributed by atoms with E-state index in [2.05, 4.69) is 57.4 Å². The van der Waals surface area contributed by atoms with Crippen molar-refractivity contribution in [3.63, 3.8) is 0 Å². The van der Waals surface area contributed by atoms with E-state index in [0.717, 1.165) is 11.1 Å².